The van der Waals surface area contributed by atoms with Crippen LogP contribution in [0.1, 0.15) is 12.5 Å². The lowest BCUT2D eigenvalue weighted by Gasteiger charge is -2.20. The van der Waals surface area contributed by atoms with E-state index in [0.29, 0.717) is 6.73 Å². The SMILES string of the molecule is C[Si](C)(C)CCOCn1ccc2c(-c3cnn(C(CF)[C@H]4CCNC4)c3)ncnc21. The largest absolute Gasteiger partial charge is 0.361 e. The Kier molecular flexibility index (Phi) is 6.31. The van der Waals surface area contributed by atoms with Crippen LogP contribution in [0.3, 0.4) is 0 Å². The summed E-state index contributed by atoms with van der Waals surface area (Å²) in [5, 5.41) is 8.73. The average Bonchev–Trinajstić information content (AvgIpc) is 3.46. The molecule has 1 unspecified atom stereocenters. The molecule has 0 spiro atoms. The van der Waals surface area contributed by atoms with Crippen molar-refractivity contribution in [2.24, 2.45) is 5.92 Å². The number of nitrogens with zero attached hydrogens (tertiary/aromatic N) is 5. The zero-order valence-electron chi connectivity index (χ0n) is 18.0. The lowest BCUT2D eigenvalue weighted by molar-refractivity contribution is 0.0899. The molecule has 0 saturated carbocycles. The van der Waals surface area contributed by atoms with Crippen LogP contribution in [-0.4, -0.2) is 58.8 Å². The summed E-state index contributed by atoms with van der Waals surface area (Å²) in [6, 6.07) is 2.91. The second-order valence-corrected chi connectivity index (χ2v) is 14.9. The number of nitrogens with one attached hydrogen (secondary N) is 1. The molecule has 1 aliphatic heterocycles. The summed E-state index contributed by atoms with van der Waals surface area (Å²) in [4.78, 5) is 8.96. The monoisotopic (exact) mass is 430 g/mol. The molecule has 1 saturated heterocycles. The molecule has 0 bridgehead atoms. The van der Waals surface area contributed by atoms with Gasteiger partial charge in [-0.3, -0.25) is 4.68 Å². The van der Waals surface area contributed by atoms with Crippen LogP contribution in [-0.2, 0) is 11.5 Å². The smallest absolute Gasteiger partial charge is 0.145 e. The van der Waals surface area contributed by atoms with Crippen LogP contribution in [0.4, 0.5) is 4.39 Å². The number of hydrogen-bond donors (Lipinski definition) is 1. The Bertz CT molecular complexity index is 975. The fraction of sp³-hybridized carbons (Fsp3) is 0.571. The standard InChI is InChI=1S/C21H31FN6OSi/c1-30(2,3)9-8-29-15-27-7-5-18-20(24-14-25-21(18)27)17-12-26-28(13-17)19(10-22)16-4-6-23-11-16/h5,7,12-14,16,19,23H,4,6,8-11,15H2,1-3H3/t16-,19?/m0/s1. The molecule has 4 heterocycles. The molecule has 0 aromatic carbocycles. The quantitative estimate of drug-likeness (QED) is 0.414. The van der Waals surface area contributed by atoms with E-state index in [0.717, 1.165) is 54.5 Å². The summed E-state index contributed by atoms with van der Waals surface area (Å²) in [5.74, 6) is 0.266. The zero-order valence-corrected chi connectivity index (χ0v) is 19.0. The minimum atomic E-state index is -1.11. The molecular weight excluding hydrogens is 399 g/mol. The third kappa shape index (κ3) is 4.63. The van der Waals surface area contributed by atoms with E-state index < -0.39 is 14.7 Å². The summed E-state index contributed by atoms with van der Waals surface area (Å²) < 4.78 is 23.4. The van der Waals surface area contributed by atoms with Crippen LogP contribution in [0.15, 0.2) is 31.0 Å². The number of ether oxygens (including phenoxy) is 1. The van der Waals surface area contributed by atoms with Crippen LogP contribution in [0.5, 0.6) is 0 Å². The minimum absolute atomic E-state index is 0.240. The maximum Gasteiger partial charge on any atom is 0.145 e. The molecule has 1 fully saturated rings. The van der Waals surface area contributed by atoms with Crippen LogP contribution in [0.25, 0.3) is 22.3 Å². The van der Waals surface area contributed by atoms with Crippen molar-refractivity contribution in [2.45, 2.75) is 44.9 Å². The van der Waals surface area contributed by atoms with Gasteiger partial charge in [0.15, 0.2) is 0 Å². The molecule has 3 aromatic rings. The van der Waals surface area contributed by atoms with Crippen molar-refractivity contribution in [3.8, 4) is 11.3 Å². The van der Waals surface area contributed by atoms with Gasteiger partial charge in [-0.1, -0.05) is 19.6 Å². The normalized spacial score (nSPS) is 18.3. The van der Waals surface area contributed by atoms with Gasteiger partial charge in [0.1, 0.15) is 25.4 Å². The summed E-state index contributed by atoms with van der Waals surface area (Å²) in [7, 11) is -1.11. The molecule has 1 aliphatic rings. The highest BCUT2D eigenvalue weighted by atomic mass is 28.3. The molecule has 30 heavy (non-hydrogen) atoms. The predicted octanol–water partition coefficient (Wildman–Crippen LogP) is 3.73. The number of halogens is 1. The van der Waals surface area contributed by atoms with Crippen molar-refractivity contribution in [3.05, 3.63) is 31.0 Å². The third-order valence-corrected chi connectivity index (χ3v) is 7.50. The van der Waals surface area contributed by atoms with E-state index in [4.69, 9.17) is 4.74 Å². The Morgan fingerprint density at radius 1 is 1.33 bits per heavy atom. The number of rotatable bonds is 9. The van der Waals surface area contributed by atoms with Gasteiger partial charge in [0.25, 0.3) is 0 Å². The van der Waals surface area contributed by atoms with Crippen molar-refractivity contribution in [1.82, 2.24) is 29.6 Å². The summed E-state index contributed by atoms with van der Waals surface area (Å²) in [5.41, 5.74) is 2.53. The Morgan fingerprint density at radius 3 is 2.93 bits per heavy atom. The minimum Gasteiger partial charge on any atom is -0.361 e. The van der Waals surface area contributed by atoms with Crippen molar-refractivity contribution < 1.29 is 9.13 Å². The van der Waals surface area contributed by atoms with Crippen molar-refractivity contribution in [1.29, 1.82) is 0 Å². The third-order valence-electron chi connectivity index (χ3n) is 5.80. The van der Waals surface area contributed by atoms with Crippen LogP contribution >= 0.6 is 0 Å². The van der Waals surface area contributed by atoms with Gasteiger partial charge in [-0.2, -0.15) is 5.10 Å². The average molecular weight is 431 g/mol. The van der Waals surface area contributed by atoms with Gasteiger partial charge in [-0.05, 0) is 31.0 Å². The topological polar surface area (TPSA) is 69.8 Å². The number of aromatic nitrogens is 5. The van der Waals surface area contributed by atoms with Gasteiger partial charge in [-0.15, -0.1) is 0 Å². The molecule has 0 aliphatic carbocycles. The highest BCUT2D eigenvalue weighted by Crippen LogP contribution is 2.29. The van der Waals surface area contributed by atoms with Crippen molar-refractivity contribution in [3.63, 3.8) is 0 Å². The molecule has 2 atom stereocenters. The van der Waals surface area contributed by atoms with Gasteiger partial charge in [-0.25, -0.2) is 14.4 Å². The first-order valence-electron chi connectivity index (χ1n) is 10.6. The second kappa shape index (κ2) is 8.95. The Hall–Kier alpha value is -2.10. The molecule has 7 nitrogen and oxygen atoms in total. The molecule has 0 radical (unpaired) electrons. The highest BCUT2D eigenvalue weighted by Gasteiger charge is 2.27. The lowest BCUT2D eigenvalue weighted by Crippen LogP contribution is -2.23. The van der Waals surface area contributed by atoms with E-state index in [1.54, 1.807) is 17.2 Å². The predicted molar refractivity (Wildman–Crippen MR) is 119 cm³/mol. The maximum absolute atomic E-state index is 13.8. The Labute approximate surface area is 177 Å². The van der Waals surface area contributed by atoms with Crippen molar-refractivity contribution >= 4 is 19.1 Å². The molecular formula is C21H31FN6OSi. The fourth-order valence-corrected chi connectivity index (χ4v) is 4.70. The van der Waals surface area contributed by atoms with Crippen LogP contribution < -0.4 is 5.32 Å². The first-order valence-corrected chi connectivity index (χ1v) is 14.4. The highest BCUT2D eigenvalue weighted by molar-refractivity contribution is 6.76. The zero-order chi connectivity index (χ0) is 21.1. The first-order chi connectivity index (χ1) is 14.5. The molecule has 0 amide bonds. The number of fused-ring (bicyclic) bond motifs is 1. The maximum atomic E-state index is 13.8. The van der Waals surface area contributed by atoms with E-state index in [9.17, 15) is 4.39 Å². The van der Waals surface area contributed by atoms with Gasteiger partial charge < -0.3 is 14.6 Å². The Morgan fingerprint density at radius 2 is 2.20 bits per heavy atom. The van der Waals surface area contributed by atoms with Crippen molar-refractivity contribution in [2.75, 3.05) is 26.4 Å². The number of hydrogen-bond acceptors (Lipinski definition) is 5. The molecule has 1 N–H and O–H groups in total. The molecule has 9 heteroatoms. The first kappa shape index (κ1) is 21.1. The molecule has 4 rings (SSSR count). The summed E-state index contributed by atoms with van der Waals surface area (Å²) in [6.07, 6.45) is 8.21. The summed E-state index contributed by atoms with van der Waals surface area (Å²) >= 11 is 0. The lowest BCUT2D eigenvalue weighted by atomic mass is 10.0. The van der Waals surface area contributed by atoms with E-state index in [-0.39, 0.29) is 12.0 Å². The second-order valence-electron chi connectivity index (χ2n) is 9.28. The van der Waals surface area contributed by atoms with E-state index >= 15 is 0 Å². The van der Waals surface area contributed by atoms with Gasteiger partial charge >= 0.3 is 0 Å². The van der Waals surface area contributed by atoms with E-state index in [2.05, 4.69) is 40.0 Å². The van der Waals surface area contributed by atoms with Crippen LogP contribution in [0.2, 0.25) is 25.7 Å². The van der Waals surface area contributed by atoms with E-state index in [1.165, 1.54) is 0 Å². The number of alkyl halides is 1. The van der Waals surface area contributed by atoms with E-state index in [1.807, 2.05) is 23.0 Å². The van der Waals surface area contributed by atoms with Crippen LogP contribution in [0, 0.1) is 5.92 Å². The fourth-order valence-electron chi connectivity index (χ4n) is 3.94. The van der Waals surface area contributed by atoms with Gasteiger partial charge in [0, 0.05) is 44.6 Å². The summed E-state index contributed by atoms with van der Waals surface area (Å²) in [6.45, 7) is 9.63. The van der Waals surface area contributed by atoms with Gasteiger partial charge in [0.2, 0.25) is 0 Å². The van der Waals surface area contributed by atoms with Gasteiger partial charge in [0.05, 0.1) is 17.9 Å². The molecule has 162 valence electrons. The Balaban J connectivity index is 1.52. The molecule has 3 aromatic heterocycles.